The van der Waals surface area contributed by atoms with Crippen LogP contribution in [0.1, 0.15) is 0 Å². The van der Waals surface area contributed by atoms with Crippen LogP contribution < -0.4 is 0 Å². The van der Waals surface area contributed by atoms with Crippen molar-refractivity contribution >= 4 is 11.0 Å². The van der Waals surface area contributed by atoms with Crippen molar-refractivity contribution in [1.29, 1.82) is 0 Å². The SMILES string of the molecule is Oc1c(F)c(F)c(O)c(F)c1F.c1ccc2nccnc2c1. The molecule has 4 nitrogen and oxygen atoms in total. The van der Waals surface area contributed by atoms with Crippen molar-refractivity contribution in [2.75, 3.05) is 0 Å². The minimum Gasteiger partial charge on any atom is -0.503 e. The van der Waals surface area contributed by atoms with Crippen molar-refractivity contribution in [3.8, 4) is 11.5 Å². The lowest BCUT2D eigenvalue weighted by Crippen LogP contribution is -1.94. The highest BCUT2D eigenvalue weighted by atomic mass is 19.2. The predicted molar refractivity (Wildman–Crippen MR) is 69.1 cm³/mol. The molecule has 1 heterocycles. The van der Waals surface area contributed by atoms with Gasteiger partial charge in [-0.15, -0.1) is 0 Å². The first-order chi connectivity index (χ1) is 10.4. The Labute approximate surface area is 121 Å². The second-order valence-corrected chi connectivity index (χ2v) is 4.00. The largest absolute Gasteiger partial charge is 0.503 e. The minimum atomic E-state index is -2.02. The Morgan fingerprint density at radius 2 is 0.955 bits per heavy atom. The van der Waals surface area contributed by atoms with E-state index >= 15 is 0 Å². The highest BCUT2D eigenvalue weighted by Crippen LogP contribution is 2.32. The maximum absolute atomic E-state index is 12.2. The number of rotatable bonds is 0. The molecular formula is C14H8F4N2O2. The van der Waals surface area contributed by atoms with Crippen LogP contribution in [-0.2, 0) is 0 Å². The first-order valence-corrected chi connectivity index (χ1v) is 5.83. The molecule has 0 saturated carbocycles. The van der Waals surface area contributed by atoms with Gasteiger partial charge < -0.3 is 10.2 Å². The van der Waals surface area contributed by atoms with Gasteiger partial charge in [-0.1, -0.05) is 12.1 Å². The zero-order chi connectivity index (χ0) is 16.3. The monoisotopic (exact) mass is 312 g/mol. The molecule has 0 aliphatic carbocycles. The van der Waals surface area contributed by atoms with E-state index in [1.807, 2.05) is 24.3 Å². The lowest BCUT2D eigenvalue weighted by molar-refractivity contribution is 0.319. The molecule has 22 heavy (non-hydrogen) atoms. The van der Waals surface area contributed by atoms with Crippen molar-refractivity contribution in [1.82, 2.24) is 9.97 Å². The van der Waals surface area contributed by atoms with Gasteiger partial charge in [-0.05, 0) is 12.1 Å². The molecule has 0 aliphatic rings. The lowest BCUT2D eigenvalue weighted by Gasteiger charge is -2.02. The van der Waals surface area contributed by atoms with Gasteiger partial charge in [-0.3, -0.25) is 9.97 Å². The van der Waals surface area contributed by atoms with Crippen molar-refractivity contribution in [3.05, 3.63) is 59.9 Å². The quantitative estimate of drug-likeness (QED) is 0.380. The van der Waals surface area contributed by atoms with Gasteiger partial charge in [-0.2, -0.15) is 17.6 Å². The number of hydrogen-bond acceptors (Lipinski definition) is 4. The van der Waals surface area contributed by atoms with Crippen LogP contribution in [0.4, 0.5) is 17.6 Å². The topological polar surface area (TPSA) is 66.2 Å². The Hall–Kier alpha value is -2.90. The predicted octanol–water partition coefficient (Wildman–Crippen LogP) is 3.28. The summed E-state index contributed by atoms with van der Waals surface area (Å²) in [4.78, 5) is 8.24. The van der Waals surface area contributed by atoms with Crippen molar-refractivity contribution in [2.45, 2.75) is 0 Å². The van der Waals surface area contributed by atoms with Crippen molar-refractivity contribution in [3.63, 3.8) is 0 Å². The van der Waals surface area contributed by atoms with E-state index in [1.165, 1.54) is 0 Å². The fraction of sp³-hybridized carbons (Fsp3) is 0. The van der Waals surface area contributed by atoms with Crippen LogP contribution in [0.3, 0.4) is 0 Å². The van der Waals surface area contributed by atoms with Crippen molar-refractivity contribution in [2.24, 2.45) is 0 Å². The summed E-state index contributed by atoms with van der Waals surface area (Å²) in [5, 5.41) is 16.7. The summed E-state index contributed by atoms with van der Waals surface area (Å²) in [6, 6.07) is 7.80. The molecule has 1 aromatic heterocycles. The van der Waals surface area contributed by atoms with E-state index < -0.39 is 34.8 Å². The molecule has 0 fully saturated rings. The average Bonchev–Trinajstić information content (AvgIpc) is 2.57. The maximum atomic E-state index is 12.2. The van der Waals surface area contributed by atoms with Gasteiger partial charge in [0.15, 0.2) is 11.5 Å². The molecule has 3 rings (SSSR count). The molecule has 0 amide bonds. The number of phenolic OH excluding ortho intramolecular Hbond substituents is 2. The number of aromatic nitrogens is 2. The molecule has 0 bridgehead atoms. The molecule has 2 aromatic carbocycles. The summed E-state index contributed by atoms with van der Waals surface area (Å²) >= 11 is 0. The molecule has 0 unspecified atom stereocenters. The second-order valence-electron chi connectivity index (χ2n) is 4.00. The van der Waals surface area contributed by atoms with E-state index in [4.69, 9.17) is 10.2 Å². The van der Waals surface area contributed by atoms with Gasteiger partial charge in [0.25, 0.3) is 0 Å². The number of benzene rings is 2. The van der Waals surface area contributed by atoms with E-state index in [9.17, 15) is 17.6 Å². The summed E-state index contributed by atoms with van der Waals surface area (Å²) in [7, 11) is 0. The number of phenols is 2. The van der Waals surface area contributed by atoms with Crippen LogP contribution in [0.2, 0.25) is 0 Å². The van der Waals surface area contributed by atoms with E-state index in [2.05, 4.69) is 9.97 Å². The smallest absolute Gasteiger partial charge is 0.207 e. The van der Waals surface area contributed by atoms with Gasteiger partial charge in [0.1, 0.15) is 0 Å². The third-order valence-electron chi connectivity index (χ3n) is 2.59. The molecular weight excluding hydrogens is 304 g/mol. The fourth-order valence-electron chi connectivity index (χ4n) is 1.52. The first kappa shape index (κ1) is 15.5. The molecule has 0 atom stereocenters. The van der Waals surface area contributed by atoms with Gasteiger partial charge in [0.05, 0.1) is 11.0 Å². The molecule has 8 heteroatoms. The number of para-hydroxylation sites is 2. The summed E-state index contributed by atoms with van der Waals surface area (Å²) in [6.07, 6.45) is 3.39. The van der Waals surface area contributed by atoms with E-state index in [0.29, 0.717) is 0 Å². The van der Waals surface area contributed by atoms with E-state index in [1.54, 1.807) is 12.4 Å². The van der Waals surface area contributed by atoms with Crippen LogP contribution in [0.25, 0.3) is 11.0 Å². The maximum Gasteiger partial charge on any atom is 0.207 e. The van der Waals surface area contributed by atoms with Gasteiger partial charge in [0.2, 0.25) is 23.3 Å². The highest BCUT2D eigenvalue weighted by Gasteiger charge is 2.24. The molecule has 0 radical (unpaired) electrons. The standard InChI is InChI=1S/C8H6N2.C6H2F4O2/c1-2-4-8-7(3-1)9-5-6-10-8;7-1-2(8)6(12)4(10)3(9)5(1)11/h1-6H;11-12H. The molecule has 2 N–H and O–H groups in total. The molecule has 0 spiro atoms. The summed E-state index contributed by atoms with van der Waals surface area (Å²) < 4.78 is 49.0. The number of halogens is 4. The summed E-state index contributed by atoms with van der Waals surface area (Å²) in [6.45, 7) is 0. The van der Waals surface area contributed by atoms with Gasteiger partial charge in [0, 0.05) is 12.4 Å². The first-order valence-electron chi connectivity index (χ1n) is 5.83. The highest BCUT2D eigenvalue weighted by molar-refractivity contribution is 5.72. The molecule has 114 valence electrons. The number of hydrogen-bond donors (Lipinski definition) is 2. The third kappa shape index (κ3) is 2.90. The van der Waals surface area contributed by atoms with Crippen molar-refractivity contribution < 1.29 is 27.8 Å². The molecule has 3 aromatic rings. The molecule has 0 saturated heterocycles. The normalized spacial score (nSPS) is 10.2. The lowest BCUT2D eigenvalue weighted by atomic mass is 10.2. The Morgan fingerprint density at radius 1 is 0.636 bits per heavy atom. The van der Waals surface area contributed by atoms with Crippen LogP contribution in [-0.4, -0.2) is 20.2 Å². The van der Waals surface area contributed by atoms with E-state index in [0.717, 1.165) is 11.0 Å². The van der Waals surface area contributed by atoms with Crippen LogP contribution in [0, 0.1) is 23.3 Å². The van der Waals surface area contributed by atoms with Gasteiger partial charge in [-0.25, -0.2) is 0 Å². The Bertz CT molecular complexity index is 657. The summed E-state index contributed by atoms with van der Waals surface area (Å²) in [5.41, 5.74) is 1.90. The Balaban J connectivity index is 0.000000162. The van der Waals surface area contributed by atoms with Crippen LogP contribution in [0.15, 0.2) is 36.7 Å². The number of nitrogens with zero attached hydrogens (tertiary/aromatic N) is 2. The third-order valence-corrected chi connectivity index (χ3v) is 2.59. The number of fused-ring (bicyclic) bond motifs is 1. The zero-order valence-corrected chi connectivity index (χ0v) is 10.8. The fourth-order valence-corrected chi connectivity index (χ4v) is 1.52. The Morgan fingerprint density at radius 3 is 1.27 bits per heavy atom. The minimum absolute atomic E-state index is 0.949. The van der Waals surface area contributed by atoms with Crippen LogP contribution in [0.5, 0.6) is 11.5 Å². The summed E-state index contributed by atoms with van der Waals surface area (Å²) in [5.74, 6) is -11.7. The second kappa shape index (κ2) is 6.25. The van der Waals surface area contributed by atoms with Gasteiger partial charge >= 0.3 is 0 Å². The van der Waals surface area contributed by atoms with E-state index in [-0.39, 0.29) is 0 Å². The van der Waals surface area contributed by atoms with Crippen LogP contribution >= 0.6 is 0 Å². The average molecular weight is 312 g/mol. The Kier molecular flexibility index (Phi) is 4.40. The zero-order valence-electron chi connectivity index (χ0n) is 10.8. The number of aromatic hydroxyl groups is 2. The molecule has 0 aliphatic heterocycles.